The van der Waals surface area contributed by atoms with E-state index in [0.29, 0.717) is 47.5 Å². The van der Waals surface area contributed by atoms with Crippen molar-refractivity contribution >= 4 is 0 Å². The van der Waals surface area contributed by atoms with Crippen LogP contribution in [0.2, 0.25) is 0 Å². The maximum Gasteiger partial charge on any atom is 0.242 e. The number of nitro groups is 1. The Morgan fingerprint density at radius 3 is 2.34 bits per heavy atom. The molecule has 224 valence electrons. The Balaban J connectivity index is 1.94. The molecular weight excluding hydrogens is 532 g/mol. The molecule has 0 aliphatic carbocycles. The second-order valence-electron chi connectivity index (χ2n) is 10.1. The maximum absolute atomic E-state index is 12.1. The lowest BCUT2D eigenvalue weighted by Crippen LogP contribution is -2.42. The fourth-order valence-corrected chi connectivity index (χ4v) is 5.24. The molecule has 11 heteroatoms. The van der Waals surface area contributed by atoms with Gasteiger partial charge >= 0.3 is 0 Å². The average Bonchev–Trinajstić information content (AvgIpc) is 2.96. The predicted molar refractivity (Wildman–Crippen MR) is 151 cm³/mol. The summed E-state index contributed by atoms with van der Waals surface area (Å²) in [6, 6.07) is 9.93. The SMILES string of the molecule is CCOc1cc(C(C#N)(CCC(O)C(CC2COc3ccccc3O2)[N+](=O)[O-])C(C)C)c(OCC)c(OC)c1OC. The van der Waals surface area contributed by atoms with Crippen molar-refractivity contribution < 1.29 is 38.5 Å². The molecule has 4 unspecified atom stereocenters. The molecule has 2 aromatic rings. The van der Waals surface area contributed by atoms with E-state index in [9.17, 15) is 20.5 Å². The number of aliphatic hydroxyl groups excluding tert-OH is 1. The Bertz CT molecular complexity index is 1230. The van der Waals surface area contributed by atoms with E-state index in [2.05, 4.69) is 6.07 Å². The highest BCUT2D eigenvalue weighted by molar-refractivity contribution is 5.65. The minimum absolute atomic E-state index is 0.0224. The van der Waals surface area contributed by atoms with Gasteiger partial charge in [0.15, 0.2) is 23.0 Å². The van der Waals surface area contributed by atoms with Gasteiger partial charge < -0.3 is 33.5 Å². The first-order valence-corrected chi connectivity index (χ1v) is 13.8. The van der Waals surface area contributed by atoms with Crippen LogP contribution in [0.25, 0.3) is 0 Å². The Morgan fingerprint density at radius 2 is 1.78 bits per heavy atom. The van der Waals surface area contributed by atoms with Gasteiger partial charge in [0.1, 0.15) is 18.8 Å². The van der Waals surface area contributed by atoms with Crippen LogP contribution in [-0.4, -0.2) is 62.3 Å². The highest BCUT2D eigenvalue weighted by Gasteiger charge is 2.44. The number of ether oxygens (including phenoxy) is 6. The number of nitriles is 1. The molecule has 1 aliphatic heterocycles. The first kappa shape index (κ1) is 31.6. The zero-order valence-corrected chi connectivity index (χ0v) is 24.5. The molecule has 1 heterocycles. The molecule has 0 radical (unpaired) electrons. The summed E-state index contributed by atoms with van der Waals surface area (Å²) in [5.41, 5.74) is -0.704. The number of aliphatic hydroxyl groups is 1. The van der Waals surface area contributed by atoms with Crippen molar-refractivity contribution in [3.8, 4) is 40.6 Å². The molecule has 0 saturated heterocycles. The standard InChI is InChI=1S/C30H40N2O9/c1-7-38-26-16-21(27(39-8-2)29(37-6)28(26)36-5)30(18-31,19(3)4)14-13-23(33)22(32(34)35)15-20-17-40-24-11-9-10-12-25(24)41-20/h9-12,16,19-20,22-23,33H,7-8,13-15,17H2,1-6H3. The van der Waals surface area contributed by atoms with Crippen LogP contribution in [0.3, 0.4) is 0 Å². The molecule has 0 saturated carbocycles. The highest BCUT2D eigenvalue weighted by atomic mass is 16.6. The summed E-state index contributed by atoms with van der Waals surface area (Å²) in [6.07, 6.45) is -1.92. The lowest BCUT2D eigenvalue weighted by molar-refractivity contribution is -0.537. The van der Waals surface area contributed by atoms with Crippen LogP contribution in [0, 0.1) is 27.4 Å². The second kappa shape index (κ2) is 14.1. The van der Waals surface area contributed by atoms with Crippen LogP contribution in [0.5, 0.6) is 34.5 Å². The van der Waals surface area contributed by atoms with E-state index < -0.39 is 28.6 Å². The molecule has 0 spiro atoms. The smallest absolute Gasteiger partial charge is 0.242 e. The third kappa shape index (κ3) is 6.70. The van der Waals surface area contributed by atoms with Gasteiger partial charge in [0.2, 0.25) is 17.5 Å². The van der Waals surface area contributed by atoms with E-state index in [1.807, 2.05) is 33.8 Å². The van der Waals surface area contributed by atoms with Gasteiger partial charge in [-0.05, 0) is 50.8 Å². The zero-order chi connectivity index (χ0) is 30.2. The Morgan fingerprint density at radius 1 is 1.12 bits per heavy atom. The molecule has 3 rings (SSSR count). The van der Waals surface area contributed by atoms with Gasteiger partial charge in [0, 0.05) is 10.5 Å². The molecular formula is C30H40N2O9. The van der Waals surface area contributed by atoms with Crippen LogP contribution >= 0.6 is 0 Å². The van der Waals surface area contributed by atoms with Gasteiger partial charge in [-0.15, -0.1) is 0 Å². The topological polar surface area (TPSA) is 143 Å². The van der Waals surface area contributed by atoms with E-state index in [1.54, 1.807) is 24.3 Å². The van der Waals surface area contributed by atoms with Gasteiger partial charge in [0.05, 0.1) is 45.3 Å². The first-order valence-electron chi connectivity index (χ1n) is 13.8. The van der Waals surface area contributed by atoms with E-state index >= 15 is 0 Å². The highest BCUT2D eigenvalue weighted by Crippen LogP contribution is 2.53. The molecule has 4 atom stereocenters. The van der Waals surface area contributed by atoms with Crippen LogP contribution in [0.4, 0.5) is 0 Å². The van der Waals surface area contributed by atoms with Gasteiger partial charge in [-0.25, -0.2) is 0 Å². The number of hydrogen-bond acceptors (Lipinski definition) is 10. The largest absolute Gasteiger partial charge is 0.490 e. The second-order valence-corrected chi connectivity index (χ2v) is 10.1. The molecule has 0 aromatic heterocycles. The van der Waals surface area contributed by atoms with Gasteiger partial charge in [-0.2, -0.15) is 5.26 Å². The van der Waals surface area contributed by atoms with Gasteiger partial charge in [-0.3, -0.25) is 10.1 Å². The van der Waals surface area contributed by atoms with E-state index in [0.717, 1.165) is 0 Å². The van der Waals surface area contributed by atoms with Crippen LogP contribution in [0.15, 0.2) is 30.3 Å². The lowest BCUT2D eigenvalue weighted by Gasteiger charge is -2.35. The number of benzene rings is 2. The van der Waals surface area contributed by atoms with Crippen molar-refractivity contribution in [1.82, 2.24) is 0 Å². The van der Waals surface area contributed by atoms with E-state index in [-0.39, 0.29) is 37.5 Å². The minimum Gasteiger partial charge on any atom is -0.490 e. The normalized spacial score (nSPS) is 17.1. The van der Waals surface area contributed by atoms with Gasteiger partial charge in [0.25, 0.3) is 0 Å². The molecule has 0 fully saturated rings. The van der Waals surface area contributed by atoms with Crippen molar-refractivity contribution in [2.45, 2.75) is 70.6 Å². The zero-order valence-electron chi connectivity index (χ0n) is 24.5. The summed E-state index contributed by atoms with van der Waals surface area (Å²) in [6.45, 7) is 8.18. The fourth-order valence-electron chi connectivity index (χ4n) is 5.24. The molecule has 11 nitrogen and oxygen atoms in total. The van der Waals surface area contributed by atoms with Crippen molar-refractivity contribution in [3.63, 3.8) is 0 Å². The summed E-state index contributed by atoms with van der Waals surface area (Å²) < 4.78 is 34.7. The molecule has 41 heavy (non-hydrogen) atoms. The fraction of sp³-hybridized carbons (Fsp3) is 0.567. The summed E-state index contributed by atoms with van der Waals surface area (Å²) in [5, 5.41) is 33.9. The number of hydrogen-bond donors (Lipinski definition) is 1. The Hall–Kier alpha value is -3.91. The molecule has 0 bridgehead atoms. The Kier molecular flexibility index (Phi) is 10.9. The third-order valence-corrected chi connectivity index (χ3v) is 7.44. The van der Waals surface area contributed by atoms with Crippen molar-refractivity contribution in [3.05, 3.63) is 46.0 Å². The summed E-state index contributed by atoms with van der Waals surface area (Å²) >= 11 is 0. The number of para-hydroxylation sites is 2. The number of fused-ring (bicyclic) bond motifs is 1. The predicted octanol–water partition coefficient (Wildman–Crippen LogP) is 4.94. The monoisotopic (exact) mass is 572 g/mol. The molecule has 1 aliphatic rings. The Labute approximate surface area is 241 Å². The summed E-state index contributed by atoms with van der Waals surface area (Å²) in [7, 11) is 2.97. The number of methoxy groups -OCH3 is 2. The maximum atomic E-state index is 12.1. The van der Waals surface area contributed by atoms with Crippen molar-refractivity contribution in [2.75, 3.05) is 34.0 Å². The van der Waals surface area contributed by atoms with Crippen LogP contribution in [0.1, 0.15) is 52.5 Å². The third-order valence-electron chi connectivity index (χ3n) is 7.44. The quantitative estimate of drug-likeness (QED) is 0.230. The van der Waals surface area contributed by atoms with Crippen molar-refractivity contribution in [1.29, 1.82) is 5.26 Å². The number of nitrogens with zero attached hydrogens (tertiary/aromatic N) is 2. The van der Waals surface area contributed by atoms with E-state index in [1.165, 1.54) is 14.2 Å². The van der Waals surface area contributed by atoms with Gasteiger partial charge in [-0.1, -0.05) is 26.0 Å². The van der Waals surface area contributed by atoms with Crippen LogP contribution < -0.4 is 28.4 Å². The minimum atomic E-state index is -1.35. The van der Waals surface area contributed by atoms with Crippen molar-refractivity contribution in [2.24, 2.45) is 5.92 Å². The average molecular weight is 573 g/mol. The summed E-state index contributed by atoms with van der Waals surface area (Å²) in [4.78, 5) is 11.6. The summed E-state index contributed by atoms with van der Waals surface area (Å²) in [5.74, 6) is 2.14. The molecule has 0 amide bonds. The lowest BCUT2D eigenvalue weighted by atomic mass is 9.68. The molecule has 1 N–H and O–H groups in total. The van der Waals surface area contributed by atoms with E-state index in [4.69, 9.17) is 28.4 Å². The first-order chi connectivity index (χ1) is 19.7. The number of rotatable bonds is 15. The molecule has 2 aromatic carbocycles. The van der Waals surface area contributed by atoms with Crippen LogP contribution in [-0.2, 0) is 5.41 Å².